The van der Waals surface area contributed by atoms with Crippen molar-refractivity contribution < 1.29 is 24.2 Å². The molecule has 0 atom stereocenters. The van der Waals surface area contributed by atoms with Gasteiger partial charge in [-0.2, -0.15) is 0 Å². The van der Waals surface area contributed by atoms with Crippen molar-refractivity contribution in [2.24, 2.45) is 0 Å². The van der Waals surface area contributed by atoms with Crippen LogP contribution >= 0.6 is 0 Å². The van der Waals surface area contributed by atoms with E-state index in [0.717, 1.165) is 33.3 Å². The van der Waals surface area contributed by atoms with Crippen molar-refractivity contribution in [1.82, 2.24) is 9.55 Å². The summed E-state index contributed by atoms with van der Waals surface area (Å²) in [6.45, 7) is 4.81. The van der Waals surface area contributed by atoms with Crippen LogP contribution in [-0.2, 0) is 16.1 Å². The van der Waals surface area contributed by atoms with Gasteiger partial charge in [0.1, 0.15) is 5.75 Å². The first-order chi connectivity index (χ1) is 17.0. The van der Waals surface area contributed by atoms with Gasteiger partial charge in [-0.05, 0) is 44.0 Å². The van der Waals surface area contributed by atoms with Crippen LogP contribution in [0.1, 0.15) is 41.4 Å². The van der Waals surface area contributed by atoms with Gasteiger partial charge in [-0.25, -0.2) is 4.79 Å². The van der Waals surface area contributed by atoms with Gasteiger partial charge in [0.15, 0.2) is 0 Å². The molecule has 4 aromatic rings. The molecule has 0 saturated heterocycles. The summed E-state index contributed by atoms with van der Waals surface area (Å²) in [6, 6.07) is 17.7. The Hall–Kier alpha value is -4.13. The van der Waals surface area contributed by atoms with Gasteiger partial charge in [0.2, 0.25) is 0 Å². The Bertz CT molecular complexity index is 1340. The highest BCUT2D eigenvalue weighted by Crippen LogP contribution is 2.38. The van der Waals surface area contributed by atoms with E-state index in [1.54, 1.807) is 13.1 Å². The lowest BCUT2D eigenvalue weighted by molar-refractivity contribution is -0.137. The SMILES string of the molecule is CCOC(=O)c1cn(Cc2ccccc2)c2cc(-c3cccnc3C)c(OCCCC(=O)O)cc12. The lowest BCUT2D eigenvalue weighted by Gasteiger charge is -2.15. The smallest absolute Gasteiger partial charge is 0.340 e. The van der Waals surface area contributed by atoms with Crippen molar-refractivity contribution in [2.45, 2.75) is 33.2 Å². The van der Waals surface area contributed by atoms with E-state index < -0.39 is 11.9 Å². The molecule has 7 nitrogen and oxygen atoms in total. The zero-order valence-corrected chi connectivity index (χ0v) is 19.9. The van der Waals surface area contributed by atoms with Gasteiger partial charge in [-0.15, -0.1) is 0 Å². The van der Waals surface area contributed by atoms with Crippen LogP contribution in [0.15, 0.2) is 67.0 Å². The zero-order valence-electron chi connectivity index (χ0n) is 19.9. The number of aliphatic carboxylic acids is 1. The third-order valence-electron chi connectivity index (χ3n) is 5.76. The topological polar surface area (TPSA) is 90.7 Å². The normalized spacial score (nSPS) is 10.9. The number of hydrogen-bond donors (Lipinski definition) is 1. The first-order valence-electron chi connectivity index (χ1n) is 11.6. The van der Waals surface area contributed by atoms with E-state index >= 15 is 0 Å². The van der Waals surface area contributed by atoms with Crippen molar-refractivity contribution in [3.63, 3.8) is 0 Å². The van der Waals surface area contributed by atoms with E-state index in [0.29, 0.717) is 24.3 Å². The van der Waals surface area contributed by atoms with Crippen LogP contribution in [0.5, 0.6) is 5.75 Å². The highest BCUT2D eigenvalue weighted by molar-refractivity contribution is 6.06. The number of ether oxygens (including phenoxy) is 2. The number of hydrogen-bond acceptors (Lipinski definition) is 5. The lowest BCUT2D eigenvalue weighted by atomic mass is 10.0. The molecule has 0 amide bonds. The number of carbonyl (C=O) groups excluding carboxylic acids is 1. The number of aryl methyl sites for hydroxylation is 1. The second kappa shape index (κ2) is 10.9. The molecule has 1 N–H and O–H groups in total. The molecule has 0 fully saturated rings. The van der Waals surface area contributed by atoms with E-state index in [4.69, 9.17) is 14.6 Å². The number of benzene rings is 2. The Balaban J connectivity index is 1.86. The minimum absolute atomic E-state index is 0.0189. The Kier molecular flexibility index (Phi) is 7.45. The predicted molar refractivity (Wildman–Crippen MR) is 134 cm³/mol. The summed E-state index contributed by atoms with van der Waals surface area (Å²) >= 11 is 0. The largest absolute Gasteiger partial charge is 0.493 e. The number of carboxylic acid groups (broad SMARTS) is 1. The fourth-order valence-corrected chi connectivity index (χ4v) is 4.10. The van der Waals surface area contributed by atoms with Crippen molar-refractivity contribution in [1.29, 1.82) is 0 Å². The summed E-state index contributed by atoms with van der Waals surface area (Å²) in [6.07, 6.45) is 3.95. The summed E-state index contributed by atoms with van der Waals surface area (Å²) in [5.74, 6) is -0.691. The summed E-state index contributed by atoms with van der Waals surface area (Å²) in [5, 5.41) is 9.70. The van der Waals surface area contributed by atoms with Crippen LogP contribution in [0.4, 0.5) is 0 Å². The average molecular weight is 473 g/mol. The van der Waals surface area contributed by atoms with Crippen LogP contribution in [0.25, 0.3) is 22.0 Å². The molecule has 0 unspecified atom stereocenters. The van der Waals surface area contributed by atoms with Crippen molar-refractivity contribution >= 4 is 22.8 Å². The molecule has 0 aliphatic heterocycles. The molecule has 0 spiro atoms. The standard InChI is InChI=1S/C28H28N2O5/c1-3-34-28(33)24-18-30(17-20-9-5-4-6-10-20)25-15-23(21-11-7-13-29-19(21)2)26(16-22(24)25)35-14-8-12-27(31)32/h4-7,9-11,13,15-16,18H,3,8,12,14,17H2,1-2H3,(H,31,32). The highest BCUT2D eigenvalue weighted by atomic mass is 16.5. The Morgan fingerprint density at radius 2 is 1.86 bits per heavy atom. The van der Waals surface area contributed by atoms with Crippen molar-refractivity contribution in [3.05, 3.63) is 83.8 Å². The Morgan fingerprint density at radius 1 is 1.06 bits per heavy atom. The number of fused-ring (bicyclic) bond motifs is 1. The molecule has 180 valence electrons. The number of carboxylic acids is 1. The van der Waals surface area contributed by atoms with Gasteiger partial charge in [-0.1, -0.05) is 36.4 Å². The highest BCUT2D eigenvalue weighted by Gasteiger charge is 2.21. The van der Waals surface area contributed by atoms with Crippen LogP contribution in [0, 0.1) is 6.92 Å². The molecule has 0 saturated carbocycles. The molecule has 0 aliphatic rings. The number of rotatable bonds is 10. The fourth-order valence-electron chi connectivity index (χ4n) is 4.10. The Labute approximate surface area is 203 Å². The molecule has 0 radical (unpaired) electrons. The third-order valence-corrected chi connectivity index (χ3v) is 5.76. The predicted octanol–water partition coefficient (Wildman–Crippen LogP) is 5.48. The molecule has 2 aromatic carbocycles. The number of pyridine rings is 1. The zero-order chi connectivity index (χ0) is 24.8. The van der Waals surface area contributed by atoms with Gasteiger partial charge < -0.3 is 19.1 Å². The lowest BCUT2D eigenvalue weighted by Crippen LogP contribution is -2.05. The van der Waals surface area contributed by atoms with Crippen molar-refractivity contribution in [2.75, 3.05) is 13.2 Å². The summed E-state index contributed by atoms with van der Waals surface area (Å²) in [5.41, 5.74) is 5.02. The molecule has 2 aromatic heterocycles. The minimum atomic E-state index is -0.866. The molecular formula is C28H28N2O5. The van der Waals surface area contributed by atoms with Crippen LogP contribution in [-0.4, -0.2) is 39.8 Å². The molecule has 4 rings (SSSR count). The molecule has 7 heteroatoms. The summed E-state index contributed by atoms with van der Waals surface area (Å²) < 4.78 is 13.4. The quantitative estimate of drug-likeness (QED) is 0.243. The molecule has 0 aliphatic carbocycles. The number of carbonyl (C=O) groups is 2. The third kappa shape index (κ3) is 5.51. The van der Waals surface area contributed by atoms with Gasteiger partial charge in [0.25, 0.3) is 0 Å². The monoisotopic (exact) mass is 472 g/mol. The summed E-state index contributed by atoms with van der Waals surface area (Å²) in [4.78, 5) is 28.2. The van der Waals surface area contributed by atoms with E-state index in [-0.39, 0.29) is 19.6 Å². The minimum Gasteiger partial charge on any atom is -0.493 e. The fraction of sp³-hybridized carbons (Fsp3) is 0.250. The number of aromatic nitrogens is 2. The van der Waals surface area contributed by atoms with E-state index in [1.165, 1.54) is 0 Å². The molecule has 35 heavy (non-hydrogen) atoms. The molecule has 0 bridgehead atoms. The number of esters is 1. The number of nitrogens with zero attached hydrogens (tertiary/aromatic N) is 2. The van der Waals surface area contributed by atoms with E-state index in [2.05, 4.69) is 4.98 Å². The van der Waals surface area contributed by atoms with Crippen LogP contribution in [0.3, 0.4) is 0 Å². The average Bonchev–Trinajstić information content (AvgIpc) is 3.19. The van der Waals surface area contributed by atoms with Crippen molar-refractivity contribution in [3.8, 4) is 16.9 Å². The van der Waals surface area contributed by atoms with E-state index in [1.807, 2.05) is 72.3 Å². The van der Waals surface area contributed by atoms with Gasteiger partial charge in [-0.3, -0.25) is 9.78 Å². The maximum atomic E-state index is 12.8. The van der Waals surface area contributed by atoms with Gasteiger partial charge in [0, 0.05) is 47.6 Å². The first kappa shape index (κ1) is 24.0. The first-order valence-corrected chi connectivity index (χ1v) is 11.6. The van der Waals surface area contributed by atoms with Gasteiger partial charge in [0.05, 0.1) is 24.3 Å². The van der Waals surface area contributed by atoms with E-state index in [9.17, 15) is 9.59 Å². The van der Waals surface area contributed by atoms with Gasteiger partial charge >= 0.3 is 11.9 Å². The second-order valence-electron chi connectivity index (χ2n) is 8.22. The maximum absolute atomic E-state index is 12.8. The van der Waals surface area contributed by atoms with Crippen LogP contribution < -0.4 is 4.74 Å². The second-order valence-corrected chi connectivity index (χ2v) is 8.22. The summed E-state index contributed by atoms with van der Waals surface area (Å²) in [7, 11) is 0. The molecular weight excluding hydrogens is 444 g/mol. The Morgan fingerprint density at radius 3 is 2.57 bits per heavy atom. The maximum Gasteiger partial charge on any atom is 0.340 e. The molecule has 2 heterocycles. The van der Waals surface area contributed by atoms with Crippen LogP contribution in [0.2, 0.25) is 0 Å².